The number of hydrogen-bond donors (Lipinski definition) is 1. The second-order valence-corrected chi connectivity index (χ2v) is 9.95. The van der Waals surface area contributed by atoms with Crippen molar-refractivity contribution in [1.29, 1.82) is 0 Å². The molecular formula is C21H29BrN2O5. The molecule has 1 N–H and O–H groups in total. The summed E-state index contributed by atoms with van der Waals surface area (Å²) in [5.41, 5.74) is -0.523. The van der Waals surface area contributed by atoms with Crippen LogP contribution in [-0.2, 0) is 19.9 Å². The van der Waals surface area contributed by atoms with E-state index >= 15 is 0 Å². The monoisotopic (exact) mass is 468 g/mol. The zero-order valence-corrected chi connectivity index (χ0v) is 18.8. The molecule has 1 aromatic heterocycles. The van der Waals surface area contributed by atoms with Crippen LogP contribution in [0.25, 0.3) is 0 Å². The molecule has 29 heavy (non-hydrogen) atoms. The van der Waals surface area contributed by atoms with Crippen LogP contribution < -0.4 is 0 Å². The van der Waals surface area contributed by atoms with Gasteiger partial charge in [0.1, 0.15) is 16.8 Å². The lowest BCUT2D eigenvalue weighted by atomic mass is 9.76. The second-order valence-electron chi connectivity index (χ2n) is 9.20. The smallest absolute Gasteiger partial charge is 0.410 e. The highest BCUT2D eigenvalue weighted by Crippen LogP contribution is 2.56. The van der Waals surface area contributed by atoms with Crippen LogP contribution in [0.2, 0.25) is 0 Å². The first-order chi connectivity index (χ1) is 13.5. The highest BCUT2D eigenvalue weighted by Gasteiger charge is 2.53. The summed E-state index contributed by atoms with van der Waals surface area (Å²) in [5, 5.41) is 9.21. The lowest BCUT2D eigenvalue weighted by molar-refractivity contribution is -0.151. The Morgan fingerprint density at radius 1 is 1.31 bits per heavy atom. The topological polar surface area (TPSA) is 89.0 Å². The number of rotatable bonds is 4. The third kappa shape index (κ3) is 5.09. The van der Waals surface area contributed by atoms with Crippen molar-refractivity contribution in [3.63, 3.8) is 0 Å². The van der Waals surface area contributed by atoms with E-state index in [1.807, 2.05) is 32.9 Å². The lowest BCUT2D eigenvalue weighted by Crippen LogP contribution is -2.47. The highest BCUT2D eigenvalue weighted by molar-refractivity contribution is 9.10. The van der Waals surface area contributed by atoms with Gasteiger partial charge in [0.2, 0.25) is 0 Å². The fraction of sp³-hybridized carbons (Fsp3) is 0.667. The number of carbonyl (C=O) groups excluding carboxylic acids is 1. The zero-order chi connectivity index (χ0) is 21.3. The van der Waals surface area contributed by atoms with Gasteiger partial charge < -0.3 is 19.5 Å². The number of hydrogen-bond acceptors (Lipinski definition) is 5. The molecule has 1 spiro atoms. The molecule has 0 bridgehead atoms. The normalized spacial score (nSPS) is 27.2. The van der Waals surface area contributed by atoms with Crippen LogP contribution in [0.4, 0.5) is 4.79 Å². The number of piperidine rings is 1. The van der Waals surface area contributed by atoms with Crippen molar-refractivity contribution in [2.75, 3.05) is 19.7 Å². The Labute approximate surface area is 179 Å². The zero-order valence-electron chi connectivity index (χ0n) is 17.2. The van der Waals surface area contributed by atoms with Crippen molar-refractivity contribution in [2.24, 2.45) is 5.41 Å². The SMILES string of the molecule is CC(C)(C)OC(=O)N1CCCC2(CCC(OCC(=O)O)(c3cccnc3Br)C2)C1. The fourth-order valence-electron chi connectivity index (χ4n) is 4.64. The number of carbonyl (C=O) groups is 2. The van der Waals surface area contributed by atoms with Crippen molar-refractivity contribution < 1.29 is 24.2 Å². The van der Waals surface area contributed by atoms with Gasteiger partial charge >= 0.3 is 12.1 Å². The standard InChI is InChI=1S/C21H29BrN2O5/c1-19(2,3)29-18(27)24-11-5-7-20(14-24)8-9-21(13-20,28-12-16(25)26)15-6-4-10-23-17(15)22/h4,6,10H,5,7-9,11-14H2,1-3H3,(H,25,26). The van der Waals surface area contributed by atoms with E-state index in [4.69, 9.17) is 9.47 Å². The minimum absolute atomic E-state index is 0.122. The van der Waals surface area contributed by atoms with Gasteiger partial charge in [-0.05, 0) is 80.3 Å². The second kappa shape index (κ2) is 8.22. The maximum absolute atomic E-state index is 12.6. The summed E-state index contributed by atoms with van der Waals surface area (Å²) < 4.78 is 12.3. The van der Waals surface area contributed by atoms with Crippen molar-refractivity contribution in [3.8, 4) is 0 Å². The Kier molecular flexibility index (Phi) is 6.24. The molecule has 2 aliphatic rings. The van der Waals surface area contributed by atoms with Gasteiger partial charge in [0, 0.05) is 24.8 Å². The minimum atomic E-state index is -0.996. The lowest BCUT2D eigenvalue weighted by Gasteiger charge is -2.42. The molecule has 1 aliphatic carbocycles. The van der Waals surface area contributed by atoms with Gasteiger partial charge in [0.15, 0.2) is 0 Å². The van der Waals surface area contributed by atoms with E-state index in [-0.39, 0.29) is 18.1 Å². The number of aliphatic carboxylic acids is 1. The number of halogens is 1. The summed E-state index contributed by atoms with van der Waals surface area (Å²) in [4.78, 5) is 30.0. The number of carboxylic acids is 1. The summed E-state index contributed by atoms with van der Waals surface area (Å²) in [5.74, 6) is -0.996. The minimum Gasteiger partial charge on any atom is -0.480 e. The predicted octanol–water partition coefficient (Wildman–Crippen LogP) is 4.34. The third-order valence-electron chi connectivity index (χ3n) is 5.75. The number of ether oxygens (including phenoxy) is 2. The Morgan fingerprint density at radius 2 is 2.07 bits per heavy atom. The first-order valence-corrected chi connectivity index (χ1v) is 10.8. The number of likely N-dealkylation sites (tertiary alicyclic amines) is 1. The van der Waals surface area contributed by atoms with Gasteiger partial charge in [-0.25, -0.2) is 14.6 Å². The van der Waals surface area contributed by atoms with Crippen LogP contribution in [0.15, 0.2) is 22.9 Å². The van der Waals surface area contributed by atoms with E-state index in [0.29, 0.717) is 30.5 Å². The van der Waals surface area contributed by atoms with E-state index in [2.05, 4.69) is 20.9 Å². The molecule has 2 atom stereocenters. The summed E-state index contributed by atoms with van der Waals surface area (Å²) in [7, 11) is 0. The summed E-state index contributed by atoms with van der Waals surface area (Å²) in [6, 6.07) is 3.78. The Balaban J connectivity index is 1.84. The average Bonchev–Trinajstić information content (AvgIpc) is 2.98. The molecule has 1 amide bonds. The van der Waals surface area contributed by atoms with Crippen LogP contribution >= 0.6 is 15.9 Å². The molecule has 8 heteroatoms. The largest absolute Gasteiger partial charge is 0.480 e. The Bertz CT molecular complexity index is 781. The Hall–Kier alpha value is -1.67. The van der Waals surface area contributed by atoms with Crippen molar-refractivity contribution in [3.05, 3.63) is 28.5 Å². The molecule has 160 valence electrons. The van der Waals surface area contributed by atoms with Crippen LogP contribution in [0.3, 0.4) is 0 Å². The predicted molar refractivity (Wildman–Crippen MR) is 111 cm³/mol. The van der Waals surface area contributed by atoms with E-state index in [1.165, 1.54) is 0 Å². The van der Waals surface area contributed by atoms with E-state index in [9.17, 15) is 14.7 Å². The molecule has 1 aromatic rings. The molecule has 0 radical (unpaired) electrons. The number of aromatic nitrogens is 1. The molecule has 7 nitrogen and oxygen atoms in total. The fourth-order valence-corrected chi connectivity index (χ4v) is 5.26. The molecule has 3 rings (SSSR count). The number of nitrogens with zero attached hydrogens (tertiary/aromatic N) is 2. The maximum Gasteiger partial charge on any atom is 0.410 e. The summed E-state index contributed by atoms with van der Waals surface area (Å²) in [6.07, 6.45) is 5.46. The van der Waals surface area contributed by atoms with Gasteiger partial charge in [-0.1, -0.05) is 6.07 Å². The van der Waals surface area contributed by atoms with Gasteiger partial charge in [0.05, 0.1) is 5.60 Å². The Morgan fingerprint density at radius 3 is 2.72 bits per heavy atom. The average molecular weight is 469 g/mol. The van der Waals surface area contributed by atoms with Gasteiger partial charge in [-0.2, -0.15) is 0 Å². The summed E-state index contributed by atoms with van der Waals surface area (Å²) >= 11 is 3.51. The van der Waals surface area contributed by atoms with Crippen molar-refractivity contribution in [1.82, 2.24) is 9.88 Å². The summed E-state index contributed by atoms with van der Waals surface area (Å²) in [6.45, 7) is 6.50. The molecule has 0 aromatic carbocycles. The van der Waals surface area contributed by atoms with E-state index in [1.54, 1.807) is 11.1 Å². The van der Waals surface area contributed by atoms with Gasteiger partial charge in [-0.15, -0.1) is 0 Å². The van der Waals surface area contributed by atoms with Crippen molar-refractivity contribution >= 4 is 28.0 Å². The molecule has 2 heterocycles. The van der Waals surface area contributed by atoms with Crippen LogP contribution in [0.5, 0.6) is 0 Å². The molecule has 1 saturated heterocycles. The van der Waals surface area contributed by atoms with Crippen LogP contribution in [0.1, 0.15) is 58.4 Å². The maximum atomic E-state index is 12.6. The molecule has 2 unspecified atom stereocenters. The van der Waals surface area contributed by atoms with Crippen LogP contribution in [-0.4, -0.2) is 52.4 Å². The van der Waals surface area contributed by atoms with E-state index < -0.39 is 17.2 Å². The third-order valence-corrected chi connectivity index (χ3v) is 6.39. The molecule has 2 fully saturated rings. The van der Waals surface area contributed by atoms with Gasteiger partial charge in [-0.3, -0.25) is 0 Å². The quantitative estimate of drug-likeness (QED) is 0.660. The highest BCUT2D eigenvalue weighted by atomic mass is 79.9. The number of amides is 1. The van der Waals surface area contributed by atoms with Crippen molar-refractivity contribution in [2.45, 2.75) is 64.1 Å². The first kappa shape index (κ1) is 22.0. The molecule has 1 aliphatic heterocycles. The number of carboxylic acid groups (broad SMARTS) is 1. The van der Waals surface area contributed by atoms with Gasteiger partial charge in [0.25, 0.3) is 0 Å². The molecular weight excluding hydrogens is 440 g/mol. The number of pyridine rings is 1. The first-order valence-electron chi connectivity index (χ1n) is 9.99. The van der Waals surface area contributed by atoms with E-state index in [0.717, 1.165) is 24.8 Å². The molecule has 1 saturated carbocycles. The van der Waals surface area contributed by atoms with Crippen LogP contribution in [0, 0.1) is 5.41 Å².